The van der Waals surface area contributed by atoms with Gasteiger partial charge in [-0.3, -0.25) is 4.57 Å². The molecule has 6 heteroatoms. The van der Waals surface area contributed by atoms with Crippen LogP contribution in [-0.2, 0) is 21.7 Å². The number of fused-ring (bicyclic) bond motifs is 10. The second-order valence-corrected chi connectivity index (χ2v) is 26.4. The summed E-state index contributed by atoms with van der Waals surface area (Å²) in [5.74, 6) is 3.32. The lowest BCUT2D eigenvalue weighted by atomic mass is 9.33. The standard InChI is InChI=1S/C70H70BN3O2/c1-39(2)46-20-18-21-47(40(3)4)63(46)74-57-25-17-16-24-55(57)72-66(74)50-23-19-22-49-48-29-26-41(33-60(48)76-65(49)50)42-32-58-62-61(34-42)75-59-31-28-44(68(8,9)10)37-53(59)71(62)54-38-45(69(11,12)13)36-52-64(54)73(58)56-30-27-43(67(5,6)7)35-51(56)70(52,14)15/h16-40H,1-15H3. The summed E-state index contributed by atoms with van der Waals surface area (Å²) in [6, 6.07) is 52.6. The average Bonchev–Trinajstić information content (AvgIpc) is 4.06. The molecule has 0 amide bonds. The van der Waals surface area contributed by atoms with E-state index in [-0.39, 0.29) is 28.4 Å². The third kappa shape index (κ3) is 7.15. The lowest BCUT2D eigenvalue weighted by Crippen LogP contribution is -2.61. The molecule has 5 heterocycles. The maximum Gasteiger partial charge on any atom is 0.256 e. The lowest BCUT2D eigenvalue weighted by Gasteiger charge is -2.49. The van der Waals surface area contributed by atoms with Gasteiger partial charge in [-0.25, -0.2) is 4.98 Å². The molecule has 0 saturated carbocycles. The highest BCUT2D eigenvalue weighted by molar-refractivity contribution is 6.99. The zero-order valence-electron chi connectivity index (χ0n) is 47.2. The SMILES string of the molecule is CC(C)c1cccc(C(C)C)c1-n1c(-c2cccc3c2oc2cc(-c4cc5c6c(c4)N4c7ccc(C(C)(C)C)cc7C(C)(C)c7cc(C(C)(C)C)cc(c74)B6c4cc(C(C)(C)C)ccc4O5)ccc23)nc2ccccc21. The van der Waals surface area contributed by atoms with E-state index in [0.717, 1.165) is 72.7 Å². The van der Waals surface area contributed by atoms with Crippen LogP contribution in [0.1, 0.15) is 155 Å². The molecule has 0 atom stereocenters. The topological polar surface area (TPSA) is 43.4 Å². The number of hydrogen-bond acceptors (Lipinski definition) is 4. The van der Waals surface area contributed by atoms with Gasteiger partial charge in [0.2, 0.25) is 0 Å². The fourth-order valence-corrected chi connectivity index (χ4v) is 12.9. The van der Waals surface area contributed by atoms with Crippen molar-refractivity contribution in [3.63, 3.8) is 0 Å². The van der Waals surface area contributed by atoms with Gasteiger partial charge in [0.25, 0.3) is 6.71 Å². The predicted molar refractivity (Wildman–Crippen MR) is 321 cm³/mol. The number of benzene rings is 8. The number of ether oxygens (including phenoxy) is 1. The number of hydrogen-bond donors (Lipinski definition) is 0. The number of anilines is 3. The van der Waals surface area contributed by atoms with E-state index in [1.54, 1.807) is 0 Å². The van der Waals surface area contributed by atoms with Gasteiger partial charge in [0.15, 0.2) is 0 Å². The largest absolute Gasteiger partial charge is 0.458 e. The monoisotopic (exact) mass is 996 g/mol. The van der Waals surface area contributed by atoms with Crippen molar-refractivity contribution in [3.05, 3.63) is 178 Å². The van der Waals surface area contributed by atoms with Crippen molar-refractivity contribution in [2.24, 2.45) is 0 Å². The summed E-state index contributed by atoms with van der Waals surface area (Å²) in [6.07, 6.45) is 0. The van der Waals surface area contributed by atoms with Crippen molar-refractivity contribution in [1.29, 1.82) is 0 Å². The average molecular weight is 996 g/mol. The minimum absolute atomic E-state index is 0.0142. The van der Waals surface area contributed by atoms with Gasteiger partial charge in [0, 0.05) is 27.6 Å². The van der Waals surface area contributed by atoms with E-state index >= 15 is 0 Å². The summed E-state index contributed by atoms with van der Waals surface area (Å²) in [6.45, 7) is 35.0. The Bertz CT molecular complexity index is 4060. The van der Waals surface area contributed by atoms with Crippen LogP contribution in [-0.4, -0.2) is 16.3 Å². The highest BCUT2D eigenvalue weighted by Gasteiger charge is 2.49. The van der Waals surface area contributed by atoms with Crippen LogP contribution in [0.15, 0.2) is 144 Å². The second kappa shape index (κ2) is 16.4. The van der Waals surface area contributed by atoms with Crippen molar-refractivity contribution >= 4 is 73.1 Å². The number of para-hydroxylation sites is 4. The van der Waals surface area contributed by atoms with Gasteiger partial charge in [0.05, 0.1) is 28.0 Å². The first-order valence-corrected chi connectivity index (χ1v) is 27.7. The van der Waals surface area contributed by atoms with E-state index in [2.05, 4.69) is 253 Å². The number of rotatable bonds is 5. The van der Waals surface area contributed by atoms with Crippen molar-refractivity contribution < 1.29 is 9.15 Å². The maximum absolute atomic E-state index is 7.26. The molecule has 3 aliphatic heterocycles. The van der Waals surface area contributed by atoms with Gasteiger partial charge < -0.3 is 14.1 Å². The quantitative estimate of drug-likeness (QED) is 0.161. The van der Waals surface area contributed by atoms with Crippen LogP contribution in [0.25, 0.3) is 61.2 Å². The Morgan fingerprint density at radius 1 is 0.539 bits per heavy atom. The highest BCUT2D eigenvalue weighted by atomic mass is 16.5. The van der Waals surface area contributed by atoms with Crippen LogP contribution in [0.2, 0.25) is 0 Å². The minimum atomic E-state index is -0.277. The Balaban J connectivity index is 1.04. The van der Waals surface area contributed by atoms with Crippen molar-refractivity contribution in [2.45, 2.75) is 137 Å². The van der Waals surface area contributed by atoms with Crippen LogP contribution < -0.4 is 26.0 Å². The molecule has 76 heavy (non-hydrogen) atoms. The molecule has 0 fully saturated rings. The molecule has 2 aromatic heterocycles. The van der Waals surface area contributed by atoms with Crippen molar-refractivity contribution in [2.75, 3.05) is 4.90 Å². The third-order valence-corrected chi connectivity index (χ3v) is 17.2. The molecule has 0 aliphatic carbocycles. The van der Waals surface area contributed by atoms with Crippen molar-refractivity contribution in [1.82, 2.24) is 9.55 Å². The van der Waals surface area contributed by atoms with E-state index in [1.165, 1.54) is 72.4 Å². The van der Waals surface area contributed by atoms with Gasteiger partial charge in [-0.05, 0) is 149 Å². The summed E-state index contributed by atoms with van der Waals surface area (Å²) in [5.41, 5.74) is 24.4. The molecule has 380 valence electrons. The smallest absolute Gasteiger partial charge is 0.256 e. The summed E-state index contributed by atoms with van der Waals surface area (Å²) in [5, 5.41) is 2.14. The lowest BCUT2D eigenvalue weighted by molar-refractivity contribution is 0.486. The van der Waals surface area contributed by atoms with E-state index in [4.69, 9.17) is 14.1 Å². The molecular weight excluding hydrogens is 926 g/mol. The molecule has 10 aromatic rings. The van der Waals surface area contributed by atoms with Gasteiger partial charge in [-0.1, -0.05) is 189 Å². The third-order valence-electron chi connectivity index (χ3n) is 17.2. The second-order valence-electron chi connectivity index (χ2n) is 26.4. The Morgan fingerprint density at radius 2 is 1.20 bits per heavy atom. The molecule has 0 N–H and O–H groups in total. The molecule has 0 spiro atoms. The van der Waals surface area contributed by atoms with E-state index in [9.17, 15) is 0 Å². The summed E-state index contributed by atoms with van der Waals surface area (Å²) in [4.78, 5) is 8.04. The van der Waals surface area contributed by atoms with E-state index < -0.39 is 0 Å². The van der Waals surface area contributed by atoms with Gasteiger partial charge >= 0.3 is 0 Å². The zero-order valence-corrected chi connectivity index (χ0v) is 47.2. The molecule has 0 bridgehead atoms. The van der Waals surface area contributed by atoms with Crippen LogP contribution in [0.3, 0.4) is 0 Å². The number of nitrogens with zero attached hydrogens (tertiary/aromatic N) is 3. The molecular formula is C70H70BN3O2. The van der Waals surface area contributed by atoms with Gasteiger partial charge in [0.1, 0.15) is 28.5 Å². The first-order chi connectivity index (χ1) is 36.0. The van der Waals surface area contributed by atoms with Crippen molar-refractivity contribution in [3.8, 4) is 39.7 Å². The first-order valence-electron chi connectivity index (χ1n) is 27.7. The van der Waals surface area contributed by atoms with E-state index in [0.29, 0.717) is 11.8 Å². The highest BCUT2D eigenvalue weighted by Crippen LogP contribution is 2.56. The molecule has 0 unspecified atom stereocenters. The van der Waals surface area contributed by atoms with Crippen LogP contribution in [0.5, 0.6) is 11.5 Å². The van der Waals surface area contributed by atoms with Gasteiger partial charge in [-0.15, -0.1) is 0 Å². The fourth-order valence-electron chi connectivity index (χ4n) is 12.9. The Labute approximate surface area is 450 Å². The molecule has 3 aliphatic rings. The summed E-state index contributed by atoms with van der Waals surface area (Å²) >= 11 is 0. The maximum atomic E-state index is 7.26. The Morgan fingerprint density at radius 3 is 1.91 bits per heavy atom. The number of imidazole rings is 1. The molecule has 13 rings (SSSR count). The van der Waals surface area contributed by atoms with Crippen LogP contribution >= 0.6 is 0 Å². The van der Waals surface area contributed by atoms with E-state index in [1.807, 2.05) is 0 Å². The van der Waals surface area contributed by atoms with Gasteiger partial charge in [-0.2, -0.15) is 0 Å². The van der Waals surface area contributed by atoms with Crippen LogP contribution in [0, 0.1) is 0 Å². The molecule has 0 saturated heterocycles. The molecule has 5 nitrogen and oxygen atoms in total. The zero-order chi connectivity index (χ0) is 53.3. The predicted octanol–water partition coefficient (Wildman–Crippen LogP) is 17.4. The molecule has 0 radical (unpaired) electrons. The Hall–Kier alpha value is -7.31. The fraction of sp³-hybridized carbons (Fsp3) is 0.300. The minimum Gasteiger partial charge on any atom is -0.458 e. The van der Waals surface area contributed by atoms with Crippen LogP contribution in [0.4, 0.5) is 17.1 Å². The number of furan rings is 1. The Kier molecular flexibility index (Phi) is 10.4. The molecule has 8 aromatic carbocycles. The number of aromatic nitrogens is 2. The first kappa shape index (κ1) is 48.3. The summed E-state index contributed by atoms with van der Waals surface area (Å²) in [7, 11) is 0. The normalized spacial score (nSPS) is 14.6. The summed E-state index contributed by atoms with van der Waals surface area (Å²) < 4.78 is 16.9.